The highest BCUT2D eigenvalue weighted by Crippen LogP contribution is 2.36. The van der Waals surface area contributed by atoms with Crippen molar-refractivity contribution in [3.05, 3.63) is 35.6 Å². The Morgan fingerprint density at radius 2 is 1.75 bits per heavy atom. The Labute approximate surface area is 186 Å². The average molecular weight is 452 g/mol. The Hall–Kier alpha value is -2.72. The second-order valence-corrected chi connectivity index (χ2v) is 8.80. The summed E-state index contributed by atoms with van der Waals surface area (Å²) in [5.41, 5.74) is -1.76. The van der Waals surface area contributed by atoms with E-state index < -0.39 is 41.0 Å². The van der Waals surface area contributed by atoms with Crippen LogP contribution >= 0.6 is 0 Å². The van der Waals surface area contributed by atoms with Crippen LogP contribution in [0.3, 0.4) is 0 Å². The van der Waals surface area contributed by atoms with Gasteiger partial charge in [-0.3, -0.25) is 14.5 Å². The number of amides is 2. The number of rotatable bonds is 3. The van der Waals surface area contributed by atoms with E-state index in [0.29, 0.717) is 5.56 Å². The summed E-state index contributed by atoms with van der Waals surface area (Å²) < 4.78 is 35.1. The summed E-state index contributed by atoms with van der Waals surface area (Å²) in [6.45, 7) is 5.12. The molecule has 2 fully saturated rings. The number of piperazine rings is 1. The monoisotopic (exact) mass is 452 g/mol. The van der Waals surface area contributed by atoms with Gasteiger partial charge in [-0.05, 0) is 38.5 Å². The number of carbonyl (C=O) groups is 3. The smallest absolute Gasteiger partial charge is 0.411 e. The molecule has 1 spiro atoms. The lowest BCUT2D eigenvalue weighted by Crippen LogP contribution is -2.72. The van der Waals surface area contributed by atoms with Crippen LogP contribution in [0.5, 0.6) is 0 Å². The topological polar surface area (TPSA) is 94.6 Å². The van der Waals surface area contributed by atoms with Crippen LogP contribution in [-0.4, -0.2) is 85.5 Å². The van der Waals surface area contributed by atoms with Crippen LogP contribution in [0.4, 0.5) is 9.18 Å². The molecule has 0 radical (unpaired) electrons. The van der Waals surface area contributed by atoms with Gasteiger partial charge in [-0.2, -0.15) is 0 Å². The standard InChI is InChI=1S/C22H29FN2O7/c1-21(2,3)32-20(28)25-11-17(15-5-7-16(23)8-6-15)24(12-18(26)29-4)19(27)22(25)13-30-9-10-31-14-22/h5-8,17H,9-14H2,1-4H3. The fourth-order valence-electron chi connectivity index (χ4n) is 3.81. The number of benzene rings is 1. The molecule has 0 saturated carbocycles. The highest BCUT2D eigenvalue weighted by Gasteiger charge is 2.57. The Morgan fingerprint density at radius 1 is 1.16 bits per heavy atom. The Bertz CT molecular complexity index is 845. The number of hydrogen-bond donors (Lipinski definition) is 0. The molecule has 1 aromatic carbocycles. The van der Waals surface area contributed by atoms with Crippen molar-refractivity contribution in [2.45, 2.75) is 38.0 Å². The fraction of sp³-hybridized carbons (Fsp3) is 0.591. The van der Waals surface area contributed by atoms with E-state index in [0.717, 1.165) is 0 Å². The first-order valence-corrected chi connectivity index (χ1v) is 10.4. The largest absolute Gasteiger partial charge is 0.468 e. The van der Waals surface area contributed by atoms with E-state index in [4.69, 9.17) is 18.9 Å². The maximum absolute atomic E-state index is 13.9. The van der Waals surface area contributed by atoms with Crippen molar-refractivity contribution in [3.8, 4) is 0 Å². The molecule has 2 amide bonds. The summed E-state index contributed by atoms with van der Waals surface area (Å²) in [7, 11) is 1.23. The van der Waals surface area contributed by atoms with E-state index in [-0.39, 0.29) is 39.5 Å². The first kappa shape index (κ1) is 23.9. The van der Waals surface area contributed by atoms with Gasteiger partial charge in [0.1, 0.15) is 18.0 Å². The van der Waals surface area contributed by atoms with Crippen LogP contribution < -0.4 is 0 Å². The molecule has 9 nitrogen and oxygen atoms in total. The van der Waals surface area contributed by atoms with Gasteiger partial charge >= 0.3 is 12.1 Å². The van der Waals surface area contributed by atoms with E-state index in [1.807, 2.05) is 0 Å². The molecule has 2 aliphatic heterocycles. The minimum Gasteiger partial charge on any atom is -0.468 e. The Kier molecular flexibility index (Phi) is 7.04. The number of halogens is 1. The van der Waals surface area contributed by atoms with Crippen LogP contribution in [0.1, 0.15) is 32.4 Å². The molecular formula is C22H29FN2O7. The number of nitrogens with zero attached hydrogens (tertiary/aromatic N) is 2. The lowest BCUT2D eigenvalue weighted by Gasteiger charge is -2.51. The number of hydrogen-bond acceptors (Lipinski definition) is 7. The summed E-state index contributed by atoms with van der Waals surface area (Å²) in [6.07, 6.45) is -0.704. The average Bonchev–Trinajstić information content (AvgIpc) is 2.98. The van der Waals surface area contributed by atoms with Crippen molar-refractivity contribution in [3.63, 3.8) is 0 Å². The third-order valence-electron chi connectivity index (χ3n) is 5.36. The van der Waals surface area contributed by atoms with Gasteiger partial charge in [-0.1, -0.05) is 12.1 Å². The first-order chi connectivity index (χ1) is 15.1. The van der Waals surface area contributed by atoms with Gasteiger partial charge in [0.15, 0.2) is 5.54 Å². The molecule has 32 heavy (non-hydrogen) atoms. The van der Waals surface area contributed by atoms with Gasteiger partial charge in [0.2, 0.25) is 0 Å². The van der Waals surface area contributed by atoms with Crippen molar-refractivity contribution in [1.82, 2.24) is 9.80 Å². The Morgan fingerprint density at radius 3 is 2.28 bits per heavy atom. The van der Waals surface area contributed by atoms with Crippen molar-refractivity contribution in [1.29, 1.82) is 0 Å². The molecule has 1 atom stereocenters. The summed E-state index contributed by atoms with van der Waals surface area (Å²) in [5, 5.41) is 0. The van der Waals surface area contributed by atoms with E-state index >= 15 is 0 Å². The highest BCUT2D eigenvalue weighted by atomic mass is 19.1. The van der Waals surface area contributed by atoms with Crippen molar-refractivity contribution >= 4 is 18.0 Å². The molecule has 0 bridgehead atoms. The molecule has 10 heteroatoms. The molecule has 2 saturated heterocycles. The molecule has 1 aromatic rings. The van der Waals surface area contributed by atoms with E-state index in [9.17, 15) is 18.8 Å². The van der Waals surface area contributed by atoms with Crippen LogP contribution in [-0.2, 0) is 28.5 Å². The zero-order valence-corrected chi connectivity index (χ0v) is 18.8. The first-order valence-electron chi connectivity index (χ1n) is 10.4. The molecule has 0 N–H and O–H groups in total. The molecule has 2 heterocycles. The minimum atomic E-state index is -1.51. The summed E-state index contributed by atoms with van der Waals surface area (Å²) >= 11 is 0. The fourth-order valence-corrected chi connectivity index (χ4v) is 3.81. The zero-order chi connectivity index (χ0) is 23.5. The molecule has 0 aromatic heterocycles. The highest BCUT2D eigenvalue weighted by molar-refractivity contribution is 5.94. The van der Waals surface area contributed by atoms with E-state index in [1.165, 1.54) is 41.2 Å². The predicted molar refractivity (Wildman–Crippen MR) is 110 cm³/mol. The number of carbonyl (C=O) groups excluding carboxylic acids is 3. The summed E-state index contributed by atoms with van der Waals surface area (Å²) in [6, 6.07) is 4.82. The number of ether oxygens (including phenoxy) is 4. The van der Waals surface area contributed by atoms with Gasteiger partial charge in [-0.25, -0.2) is 9.18 Å². The Balaban J connectivity index is 2.07. The van der Waals surface area contributed by atoms with E-state index in [1.54, 1.807) is 20.8 Å². The quantitative estimate of drug-likeness (QED) is 0.647. The van der Waals surface area contributed by atoms with Crippen LogP contribution in [0.2, 0.25) is 0 Å². The number of methoxy groups -OCH3 is 1. The molecule has 0 aliphatic carbocycles. The normalized spacial score (nSPS) is 21.3. The maximum atomic E-state index is 13.9. The zero-order valence-electron chi connectivity index (χ0n) is 18.8. The van der Waals surface area contributed by atoms with Gasteiger partial charge in [-0.15, -0.1) is 0 Å². The third kappa shape index (κ3) is 5.02. The lowest BCUT2D eigenvalue weighted by atomic mass is 9.89. The SMILES string of the molecule is COC(=O)CN1C(=O)C2(COCCOC2)N(C(=O)OC(C)(C)C)CC1c1ccc(F)cc1. The van der Waals surface area contributed by atoms with Crippen molar-refractivity contribution < 1.29 is 37.7 Å². The summed E-state index contributed by atoms with van der Waals surface area (Å²) in [4.78, 5) is 41.9. The lowest BCUT2D eigenvalue weighted by molar-refractivity contribution is -0.168. The van der Waals surface area contributed by atoms with Crippen LogP contribution in [0.25, 0.3) is 0 Å². The minimum absolute atomic E-state index is 0.00397. The van der Waals surface area contributed by atoms with Crippen molar-refractivity contribution in [2.75, 3.05) is 46.6 Å². The van der Waals surface area contributed by atoms with Gasteiger partial charge in [0.25, 0.3) is 5.91 Å². The van der Waals surface area contributed by atoms with Crippen LogP contribution in [0, 0.1) is 5.82 Å². The molecule has 2 aliphatic rings. The summed E-state index contributed by atoms with van der Waals surface area (Å²) in [5.74, 6) is -1.60. The second-order valence-electron chi connectivity index (χ2n) is 8.80. The van der Waals surface area contributed by atoms with Crippen LogP contribution in [0.15, 0.2) is 24.3 Å². The maximum Gasteiger partial charge on any atom is 0.411 e. The van der Waals surface area contributed by atoms with Crippen molar-refractivity contribution in [2.24, 2.45) is 0 Å². The molecular weight excluding hydrogens is 423 g/mol. The van der Waals surface area contributed by atoms with Gasteiger partial charge in [0.05, 0.1) is 39.6 Å². The van der Waals surface area contributed by atoms with Gasteiger partial charge < -0.3 is 23.8 Å². The molecule has 1 unspecified atom stereocenters. The predicted octanol–water partition coefficient (Wildman–Crippen LogP) is 1.90. The number of esters is 1. The van der Waals surface area contributed by atoms with E-state index in [2.05, 4.69) is 0 Å². The second kappa shape index (κ2) is 9.41. The van der Waals surface area contributed by atoms with Gasteiger partial charge in [0, 0.05) is 6.54 Å². The third-order valence-corrected chi connectivity index (χ3v) is 5.36. The molecule has 176 valence electrons. The molecule has 3 rings (SSSR count).